The maximum atomic E-state index is 12.8. The molecule has 0 aliphatic heterocycles. The summed E-state index contributed by atoms with van der Waals surface area (Å²) in [4.78, 5) is 3.51. The molecule has 108 valence electrons. The van der Waals surface area contributed by atoms with Crippen LogP contribution < -0.4 is 0 Å². The van der Waals surface area contributed by atoms with E-state index in [1.807, 2.05) is 0 Å². The number of halogens is 6. The van der Waals surface area contributed by atoms with Crippen LogP contribution >= 0.6 is 34.8 Å². The second kappa shape index (κ2) is 5.72. The Morgan fingerprint density at radius 2 is 1.62 bits per heavy atom. The molecule has 21 heavy (non-hydrogen) atoms. The molecule has 0 atom stereocenters. The third-order valence-electron chi connectivity index (χ3n) is 2.60. The van der Waals surface area contributed by atoms with Gasteiger partial charge in [-0.1, -0.05) is 34.8 Å². The molecular weight excluding hydrogens is 348 g/mol. The Morgan fingerprint density at radius 3 is 2.10 bits per heavy atom. The van der Waals surface area contributed by atoms with E-state index >= 15 is 0 Å². The molecule has 1 aromatic heterocycles. The first-order chi connectivity index (χ1) is 9.74. The van der Waals surface area contributed by atoms with E-state index in [2.05, 4.69) is 4.98 Å². The summed E-state index contributed by atoms with van der Waals surface area (Å²) >= 11 is 17.7. The summed E-state index contributed by atoms with van der Waals surface area (Å²) in [7, 11) is 0. The van der Waals surface area contributed by atoms with Gasteiger partial charge in [0.05, 0.1) is 15.6 Å². The van der Waals surface area contributed by atoms with Gasteiger partial charge >= 0.3 is 6.18 Å². The highest BCUT2D eigenvalue weighted by molar-refractivity contribution is 6.41. The summed E-state index contributed by atoms with van der Waals surface area (Å²) in [6.07, 6.45) is -4.01. The minimum atomic E-state index is -4.60. The van der Waals surface area contributed by atoms with E-state index in [1.165, 1.54) is 12.1 Å². The van der Waals surface area contributed by atoms with Crippen molar-refractivity contribution in [1.82, 2.24) is 4.98 Å². The quantitative estimate of drug-likeness (QED) is 0.670. The molecule has 2 nitrogen and oxygen atoms in total. The lowest BCUT2D eigenvalue weighted by Gasteiger charge is -2.12. The van der Waals surface area contributed by atoms with E-state index in [0.717, 1.165) is 6.07 Å². The van der Waals surface area contributed by atoms with Gasteiger partial charge in [-0.15, -0.1) is 0 Å². The largest absolute Gasteiger partial charge is 0.417 e. The lowest BCUT2D eigenvalue weighted by atomic mass is 10.0. The molecule has 1 heterocycles. The summed E-state index contributed by atoms with van der Waals surface area (Å²) < 4.78 is 38.3. The Balaban J connectivity index is 2.77. The number of nitrogens with zero attached hydrogens (tertiary/aromatic N) is 2. The summed E-state index contributed by atoms with van der Waals surface area (Å²) in [5, 5.41) is 9.30. The molecule has 0 radical (unpaired) electrons. The van der Waals surface area contributed by atoms with Gasteiger partial charge in [0.25, 0.3) is 0 Å². The Labute approximate surface area is 132 Å². The number of rotatable bonds is 1. The standard InChI is InChI=1S/C13H4Cl3F3N2/c14-7-2-9(15)12(10(16)3-7)8-1-6(13(17,18)19)5-21-11(8)4-20/h1-3,5H. The molecule has 0 fully saturated rings. The van der Waals surface area contributed by atoms with E-state index in [1.54, 1.807) is 6.07 Å². The van der Waals surface area contributed by atoms with Gasteiger partial charge in [-0.2, -0.15) is 18.4 Å². The van der Waals surface area contributed by atoms with Crippen LogP contribution in [0.2, 0.25) is 15.1 Å². The van der Waals surface area contributed by atoms with Gasteiger partial charge < -0.3 is 0 Å². The number of alkyl halides is 3. The zero-order valence-corrected chi connectivity index (χ0v) is 12.2. The van der Waals surface area contributed by atoms with Crippen LogP contribution in [0, 0.1) is 11.3 Å². The number of benzene rings is 1. The smallest absolute Gasteiger partial charge is 0.244 e. The van der Waals surface area contributed by atoms with Gasteiger partial charge in [-0.3, -0.25) is 0 Å². The number of pyridine rings is 1. The topological polar surface area (TPSA) is 36.7 Å². The third-order valence-corrected chi connectivity index (χ3v) is 3.41. The molecule has 0 aliphatic rings. The Kier molecular flexibility index (Phi) is 4.33. The lowest BCUT2D eigenvalue weighted by molar-refractivity contribution is -0.137. The Morgan fingerprint density at radius 1 is 1.05 bits per heavy atom. The molecule has 2 aromatic rings. The minimum Gasteiger partial charge on any atom is -0.244 e. The van der Waals surface area contributed by atoms with Gasteiger partial charge in [-0.25, -0.2) is 4.98 Å². The first-order valence-corrected chi connectivity index (χ1v) is 6.49. The van der Waals surface area contributed by atoms with Gasteiger partial charge in [0.2, 0.25) is 0 Å². The second-order valence-corrected chi connectivity index (χ2v) is 5.22. The highest BCUT2D eigenvalue weighted by Gasteiger charge is 2.32. The van der Waals surface area contributed by atoms with Crippen LogP contribution in [0.5, 0.6) is 0 Å². The molecule has 1 aromatic carbocycles. The maximum Gasteiger partial charge on any atom is 0.417 e. The van der Waals surface area contributed by atoms with Crippen LogP contribution in [0.15, 0.2) is 24.4 Å². The van der Waals surface area contributed by atoms with Crippen molar-refractivity contribution >= 4 is 34.8 Å². The molecule has 0 bridgehead atoms. The molecule has 2 rings (SSSR count). The van der Waals surface area contributed by atoms with Gasteiger partial charge in [0, 0.05) is 22.3 Å². The number of hydrogen-bond acceptors (Lipinski definition) is 2. The monoisotopic (exact) mass is 350 g/mol. The van der Waals surface area contributed by atoms with Crippen LogP contribution in [-0.4, -0.2) is 4.98 Å². The number of aromatic nitrogens is 1. The molecule has 0 saturated carbocycles. The fourth-order valence-electron chi connectivity index (χ4n) is 1.70. The van der Waals surface area contributed by atoms with Crippen molar-refractivity contribution in [3.8, 4) is 17.2 Å². The zero-order valence-electron chi connectivity index (χ0n) is 9.97. The van der Waals surface area contributed by atoms with Gasteiger partial charge in [-0.05, 0) is 18.2 Å². The second-order valence-electron chi connectivity index (χ2n) is 3.97. The normalized spacial score (nSPS) is 11.3. The highest BCUT2D eigenvalue weighted by Crippen LogP contribution is 2.40. The summed E-state index contributed by atoms with van der Waals surface area (Å²) in [6, 6.07) is 5.15. The van der Waals surface area contributed by atoms with E-state index in [0.29, 0.717) is 6.20 Å². The van der Waals surface area contributed by atoms with E-state index in [-0.39, 0.29) is 31.9 Å². The Bertz CT molecular complexity index is 728. The average molecular weight is 352 g/mol. The first kappa shape index (κ1) is 15.9. The SMILES string of the molecule is N#Cc1ncc(C(F)(F)F)cc1-c1c(Cl)cc(Cl)cc1Cl. The fraction of sp³-hybridized carbons (Fsp3) is 0.0769. The first-order valence-electron chi connectivity index (χ1n) is 5.36. The maximum absolute atomic E-state index is 12.8. The lowest BCUT2D eigenvalue weighted by Crippen LogP contribution is -2.07. The molecule has 0 saturated heterocycles. The fourth-order valence-corrected chi connectivity index (χ4v) is 2.72. The van der Waals surface area contributed by atoms with Crippen molar-refractivity contribution in [3.63, 3.8) is 0 Å². The van der Waals surface area contributed by atoms with Crippen LogP contribution in [0.1, 0.15) is 11.3 Å². The third kappa shape index (κ3) is 3.24. The summed E-state index contributed by atoms with van der Waals surface area (Å²) in [5.41, 5.74) is -1.23. The van der Waals surface area contributed by atoms with Crippen molar-refractivity contribution < 1.29 is 13.2 Å². The van der Waals surface area contributed by atoms with Gasteiger partial charge in [0.15, 0.2) is 0 Å². The molecule has 8 heteroatoms. The highest BCUT2D eigenvalue weighted by atomic mass is 35.5. The van der Waals surface area contributed by atoms with Crippen LogP contribution in [-0.2, 0) is 6.18 Å². The van der Waals surface area contributed by atoms with Crippen LogP contribution in [0.4, 0.5) is 13.2 Å². The molecular formula is C13H4Cl3F3N2. The van der Waals surface area contributed by atoms with Crippen LogP contribution in [0.25, 0.3) is 11.1 Å². The Hall–Kier alpha value is -1.48. The van der Waals surface area contributed by atoms with Gasteiger partial charge in [0.1, 0.15) is 11.8 Å². The predicted octanol–water partition coefficient (Wildman–Crippen LogP) is 5.60. The van der Waals surface area contributed by atoms with Crippen molar-refractivity contribution in [2.75, 3.05) is 0 Å². The summed E-state index contributed by atoms with van der Waals surface area (Å²) in [5.74, 6) is 0. The molecule has 0 N–H and O–H groups in total. The zero-order chi connectivity index (χ0) is 15.8. The molecule has 0 spiro atoms. The van der Waals surface area contributed by atoms with Crippen molar-refractivity contribution in [2.24, 2.45) is 0 Å². The molecule has 0 aliphatic carbocycles. The minimum absolute atomic E-state index is 0.0325. The predicted molar refractivity (Wildman–Crippen MR) is 74.4 cm³/mol. The number of nitriles is 1. The van der Waals surface area contributed by atoms with E-state index < -0.39 is 11.7 Å². The average Bonchev–Trinajstić information content (AvgIpc) is 2.36. The molecule has 0 amide bonds. The van der Waals surface area contributed by atoms with Crippen molar-refractivity contribution in [1.29, 1.82) is 5.26 Å². The van der Waals surface area contributed by atoms with Crippen molar-refractivity contribution in [3.05, 3.63) is 50.7 Å². The molecule has 0 unspecified atom stereocenters. The van der Waals surface area contributed by atoms with E-state index in [4.69, 9.17) is 40.1 Å². The van der Waals surface area contributed by atoms with Crippen molar-refractivity contribution in [2.45, 2.75) is 6.18 Å². The number of hydrogen-bond donors (Lipinski definition) is 0. The van der Waals surface area contributed by atoms with Crippen LogP contribution in [0.3, 0.4) is 0 Å². The summed E-state index contributed by atoms with van der Waals surface area (Å²) in [6.45, 7) is 0. The van der Waals surface area contributed by atoms with E-state index in [9.17, 15) is 13.2 Å².